The van der Waals surface area contributed by atoms with Gasteiger partial charge in [-0.2, -0.15) is 18.3 Å². The Morgan fingerprint density at radius 1 is 1.17 bits per heavy atom. The average Bonchev–Trinajstić information content (AvgIpc) is 2.64. The van der Waals surface area contributed by atoms with Gasteiger partial charge in [-0.3, -0.25) is 0 Å². The fourth-order valence-electron chi connectivity index (χ4n) is 1.59. The number of aromatic nitrogens is 2. The molecular formula is C12H10ClF3N2. The minimum absolute atomic E-state index is 0.405. The van der Waals surface area contributed by atoms with Crippen molar-refractivity contribution in [2.24, 2.45) is 0 Å². The monoisotopic (exact) mass is 274 g/mol. The lowest BCUT2D eigenvalue weighted by Gasteiger charge is -2.06. The Morgan fingerprint density at radius 3 is 2.33 bits per heavy atom. The maximum atomic E-state index is 12.5. The van der Waals surface area contributed by atoms with Crippen LogP contribution in [0.2, 0.25) is 5.02 Å². The molecule has 2 nitrogen and oxygen atoms in total. The van der Waals surface area contributed by atoms with Gasteiger partial charge in [0, 0.05) is 10.7 Å². The zero-order valence-electron chi connectivity index (χ0n) is 9.72. The molecule has 1 aromatic carbocycles. The molecule has 18 heavy (non-hydrogen) atoms. The van der Waals surface area contributed by atoms with Crippen molar-refractivity contribution >= 4 is 11.6 Å². The summed E-state index contributed by atoms with van der Waals surface area (Å²) in [7, 11) is 0. The summed E-state index contributed by atoms with van der Waals surface area (Å²) in [4.78, 5) is 0. The lowest BCUT2D eigenvalue weighted by Crippen LogP contribution is -2.07. The number of alkyl halides is 3. The van der Waals surface area contributed by atoms with E-state index in [9.17, 15) is 13.2 Å². The molecule has 2 rings (SSSR count). The van der Waals surface area contributed by atoms with E-state index in [1.807, 2.05) is 6.92 Å². The Hall–Kier alpha value is -1.49. The third-order valence-electron chi connectivity index (χ3n) is 2.58. The first-order chi connectivity index (χ1) is 8.29. The Balaban J connectivity index is 2.51. The van der Waals surface area contributed by atoms with Gasteiger partial charge in [0.15, 0.2) is 5.69 Å². The number of hydrogen-bond acceptors (Lipinski definition) is 1. The van der Waals surface area contributed by atoms with E-state index in [1.54, 1.807) is 25.1 Å². The molecular weight excluding hydrogens is 265 g/mol. The predicted octanol–water partition coefficient (Wildman–Crippen LogP) is 4.16. The van der Waals surface area contributed by atoms with Crippen LogP contribution in [0.3, 0.4) is 0 Å². The molecule has 1 heterocycles. The summed E-state index contributed by atoms with van der Waals surface area (Å²) >= 11 is 5.95. The van der Waals surface area contributed by atoms with Crippen molar-refractivity contribution in [1.82, 2.24) is 9.78 Å². The van der Waals surface area contributed by atoms with Gasteiger partial charge < -0.3 is 0 Å². The second-order valence-corrected chi connectivity index (χ2v) is 4.42. The zero-order valence-corrected chi connectivity index (χ0v) is 10.5. The van der Waals surface area contributed by atoms with Gasteiger partial charge in [0.1, 0.15) is 0 Å². The lowest BCUT2D eigenvalue weighted by molar-refractivity contribution is -0.141. The summed E-state index contributed by atoms with van der Waals surface area (Å²) in [5, 5.41) is 4.05. The summed E-state index contributed by atoms with van der Waals surface area (Å²) in [5.74, 6) is 0. The Labute approximate surface area is 107 Å². The highest BCUT2D eigenvalue weighted by Crippen LogP contribution is 2.29. The molecule has 0 amide bonds. The van der Waals surface area contributed by atoms with Crippen LogP contribution in [0.4, 0.5) is 13.2 Å². The summed E-state index contributed by atoms with van der Waals surface area (Å²) in [6, 6.07) is 6.03. The highest BCUT2D eigenvalue weighted by molar-refractivity contribution is 6.31. The Morgan fingerprint density at radius 2 is 1.83 bits per heavy atom. The molecule has 6 heteroatoms. The zero-order chi connectivity index (χ0) is 13.5. The van der Waals surface area contributed by atoms with Crippen LogP contribution in [0.15, 0.2) is 24.3 Å². The molecule has 0 spiro atoms. The molecule has 1 aromatic heterocycles. The molecule has 0 aliphatic heterocycles. The average molecular weight is 275 g/mol. The first kappa shape index (κ1) is 13.0. The molecule has 0 bridgehead atoms. The standard InChI is InChI=1S/C12H10ClF3N2/c1-7-3-4-9(6-10(7)13)18-8(2)5-11(17-18)12(14,15)16/h3-6H,1-2H3. The first-order valence-electron chi connectivity index (χ1n) is 5.19. The van der Waals surface area contributed by atoms with Gasteiger partial charge in [0.05, 0.1) is 5.69 Å². The molecule has 0 N–H and O–H groups in total. The van der Waals surface area contributed by atoms with Crippen molar-refractivity contribution in [1.29, 1.82) is 0 Å². The molecule has 0 unspecified atom stereocenters. The number of hydrogen-bond donors (Lipinski definition) is 0. The van der Waals surface area contributed by atoms with E-state index >= 15 is 0 Å². The Bertz CT molecular complexity index is 587. The van der Waals surface area contributed by atoms with Gasteiger partial charge in [-0.25, -0.2) is 4.68 Å². The molecule has 0 atom stereocenters. The van der Waals surface area contributed by atoms with Crippen molar-refractivity contribution in [2.75, 3.05) is 0 Å². The van der Waals surface area contributed by atoms with Crippen LogP contribution in [-0.4, -0.2) is 9.78 Å². The molecule has 0 saturated carbocycles. The molecule has 0 aliphatic carbocycles. The topological polar surface area (TPSA) is 17.8 Å². The predicted molar refractivity (Wildman–Crippen MR) is 63.1 cm³/mol. The van der Waals surface area contributed by atoms with Crippen LogP contribution in [0.5, 0.6) is 0 Å². The van der Waals surface area contributed by atoms with Gasteiger partial charge in [-0.1, -0.05) is 17.7 Å². The minimum atomic E-state index is -4.44. The van der Waals surface area contributed by atoms with Gasteiger partial charge in [-0.15, -0.1) is 0 Å². The van der Waals surface area contributed by atoms with Gasteiger partial charge in [0.25, 0.3) is 0 Å². The molecule has 0 radical (unpaired) electrons. The third-order valence-corrected chi connectivity index (χ3v) is 2.99. The number of halogens is 4. The molecule has 0 saturated heterocycles. The number of benzene rings is 1. The van der Waals surface area contributed by atoms with Crippen LogP contribution >= 0.6 is 11.6 Å². The SMILES string of the molecule is Cc1ccc(-n2nc(C(F)(F)F)cc2C)cc1Cl. The third kappa shape index (κ3) is 2.36. The Kier molecular flexibility index (Phi) is 3.11. The normalized spacial score (nSPS) is 11.9. The van der Waals surface area contributed by atoms with E-state index in [-0.39, 0.29) is 0 Å². The summed E-state index contributed by atoms with van der Waals surface area (Å²) in [5.41, 5.74) is 0.874. The van der Waals surface area contributed by atoms with Gasteiger partial charge in [0.2, 0.25) is 0 Å². The van der Waals surface area contributed by atoms with Gasteiger partial charge in [-0.05, 0) is 37.6 Å². The van der Waals surface area contributed by atoms with Crippen molar-refractivity contribution in [3.63, 3.8) is 0 Å². The highest BCUT2D eigenvalue weighted by atomic mass is 35.5. The van der Waals surface area contributed by atoms with Crippen LogP contribution in [0.25, 0.3) is 5.69 Å². The molecule has 0 aliphatic rings. The van der Waals surface area contributed by atoms with E-state index in [0.29, 0.717) is 16.4 Å². The smallest absolute Gasteiger partial charge is 0.237 e. The number of rotatable bonds is 1. The van der Waals surface area contributed by atoms with Crippen molar-refractivity contribution in [3.8, 4) is 5.69 Å². The number of nitrogens with zero attached hydrogens (tertiary/aromatic N) is 2. The van der Waals surface area contributed by atoms with Crippen LogP contribution < -0.4 is 0 Å². The van der Waals surface area contributed by atoms with E-state index in [4.69, 9.17) is 11.6 Å². The second-order valence-electron chi connectivity index (χ2n) is 4.01. The van der Waals surface area contributed by atoms with Crippen molar-refractivity contribution in [2.45, 2.75) is 20.0 Å². The maximum Gasteiger partial charge on any atom is 0.435 e. The van der Waals surface area contributed by atoms with Crippen LogP contribution in [0, 0.1) is 13.8 Å². The molecule has 96 valence electrons. The largest absolute Gasteiger partial charge is 0.435 e. The number of aryl methyl sites for hydroxylation is 2. The molecule has 0 fully saturated rings. The van der Waals surface area contributed by atoms with Crippen LogP contribution in [-0.2, 0) is 6.18 Å². The first-order valence-corrected chi connectivity index (χ1v) is 5.57. The molecule has 2 aromatic rings. The van der Waals surface area contributed by atoms with E-state index in [0.717, 1.165) is 11.6 Å². The summed E-state index contributed by atoms with van der Waals surface area (Å²) in [6.07, 6.45) is -4.44. The van der Waals surface area contributed by atoms with E-state index < -0.39 is 11.9 Å². The summed E-state index contributed by atoms with van der Waals surface area (Å²) in [6.45, 7) is 3.39. The minimum Gasteiger partial charge on any atom is -0.237 e. The van der Waals surface area contributed by atoms with Crippen molar-refractivity contribution < 1.29 is 13.2 Å². The fourth-order valence-corrected chi connectivity index (χ4v) is 1.76. The second kappa shape index (κ2) is 4.31. The quantitative estimate of drug-likeness (QED) is 0.763. The van der Waals surface area contributed by atoms with E-state index in [2.05, 4.69) is 5.10 Å². The van der Waals surface area contributed by atoms with Gasteiger partial charge >= 0.3 is 6.18 Å². The van der Waals surface area contributed by atoms with E-state index in [1.165, 1.54) is 4.68 Å². The highest BCUT2D eigenvalue weighted by Gasteiger charge is 2.34. The van der Waals surface area contributed by atoms with Crippen molar-refractivity contribution in [3.05, 3.63) is 46.2 Å². The summed E-state index contributed by atoms with van der Waals surface area (Å²) < 4.78 is 38.8. The van der Waals surface area contributed by atoms with Crippen LogP contribution in [0.1, 0.15) is 17.0 Å². The lowest BCUT2D eigenvalue weighted by atomic mass is 10.2. The maximum absolute atomic E-state index is 12.5. The fraction of sp³-hybridized carbons (Fsp3) is 0.250.